The Bertz CT molecular complexity index is 3500. The highest BCUT2D eigenvalue weighted by Crippen LogP contribution is 2.37. The molecule has 3 amide bonds. The Morgan fingerprint density at radius 1 is 0.630 bits per heavy atom. The number of amides is 3. The fourth-order valence-electron chi connectivity index (χ4n) is 11.4. The number of rotatable bonds is 14. The van der Waals surface area contributed by atoms with Crippen LogP contribution in [0, 0.1) is 11.8 Å². The molecule has 0 bridgehead atoms. The van der Waals surface area contributed by atoms with Gasteiger partial charge in [0.15, 0.2) is 11.6 Å². The van der Waals surface area contributed by atoms with Crippen molar-refractivity contribution >= 4 is 52.1 Å². The van der Waals surface area contributed by atoms with Crippen molar-refractivity contribution in [2.24, 2.45) is 31.7 Å². The summed E-state index contributed by atoms with van der Waals surface area (Å²) in [6, 6.07) is 41.5. The summed E-state index contributed by atoms with van der Waals surface area (Å²) in [7, 11) is 4.12. The molecule has 8 aromatic rings. The van der Waals surface area contributed by atoms with E-state index >= 15 is 0 Å². The minimum absolute atomic E-state index is 0. The number of likely N-dealkylation sites (tertiary alicyclic amines) is 2. The Morgan fingerprint density at radius 3 is 1.75 bits per heavy atom. The standard InChI is InChI=1S/C35H41N5O3.C30H35N5O.2CH4/c1-35(2,3)43-34(42)36-27-11-8-20-39(23-27)33(41)26-15-18-30-29(21-26)37-32(38(30)4)31-19-17-28(40(31)22-25-12-13-25)16-14-24-9-6-5-7-10-24;1-33-27-15-12-23(30(36)34-17-5-8-24(31)20-34)18-26(27)32-29(33)28-16-14-25(35(28)19-22-9-10-22)13-11-21-6-3-2-4-7-21;;/h5-7,9-10,14-19,21,25,27H,8,11-13,20,22-23H2,1-4H3,(H,36,42);2-4,6-7,12,14-16,18,22,24H,5,8-11,13,17,19-20,31H2,1H3;2*1H4/b16-14+;;;/t27-;24-;;/m11../s1. The number of benzene rings is 4. The average molecular weight is 1090 g/mol. The van der Waals surface area contributed by atoms with Crippen LogP contribution in [0.1, 0.15) is 130 Å². The molecule has 81 heavy (non-hydrogen) atoms. The summed E-state index contributed by atoms with van der Waals surface area (Å²) in [5, 5.41) is 2.94. The van der Waals surface area contributed by atoms with Crippen LogP contribution in [0.25, 0.3) is 57.3 Å². The van der Waals surface area contributed by atoms with E-state index in [0.29, 0.717) is 36.7 Å². The number of alkyl carbamates (subject to hydrolysis) is 1. The number of hydrogen-bond acceptors (Lipinski definition) is 7. The molecule has 6 heterocycles. The van der Waals surface area contributed by atoms with Crippen molar-refractivity contribution < 1.29 is 19.1 Å². The summed E-state index contributed by atoms with van der Waals surface area (Å²) in [5.74, 6) is 3.32. The maximum atomic E-state index is 13.6. The lowest BCUT2D eigenvalue weighted by molar-refractivity contribution is 0.0452. The van der Waals surface area contributed by atoms with E-state index in [1.807, 2.05) is 80.1 Å². The second kappa shape index (κ2) is 25.0. The molecule has 0 unspecified atom stereocenters. The maximum absolute atomic E-state index is 13.6. The fourth-order valence-corrected chi connectivity index (χ4v) is 11.4. The summed E-state index contributed by atoms with van der Waals surface area (Å²) >= 11 is 0. The predicted molar refractivity (Wildman–Crippen MR) is 328 cm³/mol. The van der Waals surface area contributed by atoms with Crippen LogP contribution in [0.4, 0.5) is 4.79 Å². The van der Waals surface area contributed by atoms with Gasteiger partial charge in [-0.25, -0.2) is 14.8 Å². The monoisotopic (exact) mass is 1090 g/mol. The molecule has 4 aliphatic rings. The largest absolute Gasteiger partial charge is 0.444 e. The van der Waals surface area contributed by atoms with Crippen molar-refractivity contribution in [1.29, 1.82) is 0 Å². The normalized spacial score (nSPS) is 17.4. The first kappa shape index (κ1) is 58.0. The zero-order chi connectivity index (χ0) is 54.8. The quantitative estimate of drug-likeness (QED) is 0.110. The average Bonchev–Trinajstić information content (AvgIpc) is 4.47. The number of carbonyl (C=O) groups excluding carboxylic acids is 3. The van der Waals surface area contributed by atoms with Gasteiger partial charge in [-0.2, -0.15) is 0 Å². The van der Waals surface area contributed by atoms with E-state index < -0.39 is 11.7 Å². The Hall–Kier alpha value is -7.71. The zero-order valence-electron chi connectivity index (χ0n) is 46.6. The van der Waals surface area contributed by atoms with E-state index in [9.17, 15) is 14.4 Å². The molecule has 2 saturated heterocycles. The SMILES string of the molecule is C.C.Cn1c(-c2ccc(/C=C/c3ccccc3)n2CC2CC2)nc2cc(C(=O)N3CCC[C@@H](NC(=O)OC(C)(C)C)C3)ccc21.Cn1c(-c2ccc(CCc3ccccc3)n2CC2CC2)nc2cc(C(=O)N3CCC[C@@H](N)C3)ccc21. The number of carbonyl (C=O) groups is 3. The molecule has 0 radical (unpaired) electrons. The molecule has 0 spiro atoms. The highest BCUT2D eigenvalue weighted by Gasteiger charge is 2.30. The van der Waals surface area contributed by atoms with Gasteiger partial charge >= 0.3 is 6.09 Å². The predicted octanol–water partition coefficient (Wildman–Crippen LogP) is 12.8. The highest BCUT2D eigenvalue weighted by atomic mass is 16.6. The Morgan fingerprint density at radius 2 is 1.17 bits per heavy atom. The van der Waals surface area contributed by atoms with E-state index in [2.05, 4.69) is 122 Å². The van der Waals surface area contributed by atoms with Crippen LogP contribution in [0.3, 0.4) is 0 Å². The van der Waals surface area contributed by atoms with Gasteiger partial charge in [0, 0.05) is 88.0 Å². The number of nitrogens with one attached hydrogen (secondary N) is 1. The van der Waals surface area contributed by atoms with Crippen LogP contribution in [0.15, 0.2) is 121 Å². The number of aromatic nitrogens is 6. The number of aryl methyl sites for hydroxylation is 4. The molecule has 14 nitrogen and oxygen atoms in total. The maximum Gasteiger partial charge on any atom is 0.407 e. The minimum atomic E-state index is -0.564. The Balaban J connectivity index is 0.000000194. The van der Waals surface area contributed by atoms with E-state index in [1.165, 1.54) is 48.2 Å². The molecular weight excluding hydrogens is 1010 g/mol. The first-order chi connectivity index (χ1) is 38.2. The summed E-state index contributed by atoms with van der Waals surface area (Å²) in [6.45, 7) is 10.1. The van der Waals surface area contributed by atoms with E-state index in [-0.39, 0.29) is 38.8 Å². The van der Waals surface area contributed by atoms with Gasteiger partial charge < -0.3 is 43.9 Å². The van der Waals surface area contributed by atoms with Gasteiger partial charge in [-0.05, 0) is 175 Å². The zero-order valence-corrected chi connectivity index (χ0v) is 46.6. The van der Waals surface area contributed by atoms with Gasteiger partial charge in [-0.1, -0.05) is 81.6 Å². The molecule has 2 saturated carbocycles. The highest BCUT2D eigenvalue weighted by molar-refractivity contribution is 5.99. The van der Waals surface area contributed by atoms with Crippen molar-refractivity contribution in [3.63, 3.8) is 0 Å². The first-order valence-electron chi connectivity index (χ1n) is 28.6. The van der Waals surface area contributed by atoms with Crippen LogP contribution >= 0.6 is 0 Å². The van der Waals surface area contributed by atoms with Crippen LogP contribution in [-0.2, 0) is 44.8 Å². The summed E-state index contributed by atoms with van der Waals surface area (Å²) in [5.41, 5.74) is 17.8. The number of ether oxygens (including phenoxy) is 1. The van der Waals surface area contributed by atoms with Crippen LogP contribution in [0.5, 0.6) is 0 Å². The number of nitrogens with zero attached hydrogens (tertiary/aromatic N) is 8. The van der Waals surface area contributed by atoms with Gasteiger partial charge in [0.1, 0.15) is 5.60 Å². The first-order valence-corrected chi connectivity index (χ1v) is 28.6. The number of hydrogen-bond donors (Lipinski definition) is 2. The molecule has 12 rings (SSSR count). The Labute approximate surface area is 479 Å². The van der Waals surface area contributed by atoms with Gasteiger partial charge in [0.2, 0.25) is 0 Å². The van der Waals surface area contributed by atoms with Gasteiger partial charge in [0.05, 0.1) is 33.5 Å². The van der Waals surface area contributed by atoms with Gasteiger partial charge in [-0.15, -0.1) is 0 Å². The molecule has 3 N–H and O–H groups in total. The summed E-state index contributed by atoms with van der Waals surface area (Å²) in [4.78, 5) is 52.9. The van der Waals surface area contributed by atoms with Crippen molar-refractivity contribution in [3.05, 3.63) is 155 Å². The van der Waals surface area contributed by atoms with Crippen molar-refractivity contribution in [1.82, 2.24) is 43.4 Å². The second-order valence-corrected chi connectivity index (χ2v) is 23.5. The minimum Gasteiger partial charge on any atom is -0.444 e. The summed E-state index contributed by atoms with van der Waals surface area (Å²) in [6.07, 6.45) is 14.7. The third-order valence-electron chi connectivity index (χ3n) is 16.0. The molecule has 426 valence electrons. The number of nitrogens with two attached hydrogens (primary N) is 1. The smallest absolute Gasteiger partial charge is 0.407 e. The van der Waals surface area contributed by atoms with Crippen LogP contribution in [-0.4, -0.2) is 99.8 Å². The van der Waals surface area contributed by atoms with Crippen molar-refractivity contribution in [2.45, 2.75) is 131 Å². The lowest BCUT2D eigenvalue weighted by Crippen LogP contribution is -2.50. The topological polar surface area (TPSA) is 150 Å². The molecule has 4 fully saturated rings. The number of piperidine rings is 2. The molecule has 4 aromatic heterocycles. The van der Waals surface area contributed by atoms with Crippen molar-refractivity contribution in [2.75, 3.05) is 26.2 Å². The molecular formula is C67H84N10O4. The lowest BCUT2D eigenvalue weighted by atomic mass is 10.0. The molecule has 14 heteroatoms. The lowest BCUT2D eigenvalue weighted by Gasteiger charge is -2.33. The van der Waals surface area contributed by atoms with E-state index in [1.54, 1.807) is 0 Å². The number of fused-ring (bicyclic) bond motifs is 2. The second-order valence-electron chi connectivity index (χ2n) is 23.5. The molecule has 2 atom stereocenters. The Kier molecular flexibility index (Phi) is 17.9. The van der Waals surface area contributed by atoms with E-state index in [0.717, 1.165) is 109 Å². The van der Waals surface area contributed by atoms with Crippen LogP contribution in [0.2, 0.25) is 0 Å². The van der Waals surface area contributed by atoms with Crippen LogP contribution < -0.4 is 11.1 Å². The number of imidazole rings is 2. The van der Waals surface area contributed by atoms with Crippen molar-refractivity contribution in [3.8, 4) is 23.0 Å². The summed E-state index contributed by atoms with van der Waals surface area (Å²) < 4.78 is 14.6. The van der Waals surface area contributed by atoms with Gasteiger partial charge in [-0.3, -0.25) is 9.59 Å². The molecule has 4 aromatic carbocycles. The van der Waals surface area contributed by atoms with Gasteiger partial charge in [0.25, 0.3) is 11.8 Å². The molecule has 2 aliphatic carbocycles. The third kappa shape index (κ3) is 13.7. The fraction of sp³-hybridized carbons (Fsp3) is 0.418. The third-order valence-corrected chi connectivity index (χ3v) is 16.0. The van der Waals surface area contributed by atoms with E-state index in [4.69, 9.17) is 20.4 Å². The molecule has 2 aliphatic heterocycles.